The van der Waals surface area contributed by atoms with Gasteiger partial charge in [-0.1, -0.05) is 26.2 Å². The topological polar surface area (TPSA) is 188 Å². The number of aliphatic hydroxyl groups is 1. The Labute approximate surface area is 172 Å². The Kier molecular flexibility index (Phi) is 10.6. The van der Waals surface area contributed by atoms with Gasteiger partial charge in [0.25, 0.3) is 5.56 Å². The molecule has 5 N–H and O–H groups in total. The summed E-state index contributed by atoms with van der Waals surface area (Å²) in [7, 11) is -4.67. The van der Waals surface area contributed by atoms with Crippen molar-refractivity contribution >= 4 is 13.8 Å². The summed E-state index contributed by atoms with van der Waals surface area (Å²) in [6.45, 7) is 3.11. The van der Waals surface area contributed by atoms with Gasteiger partial charge in [0.15, 0.2) is 0 Å². The Bertz CT molecular complexity index is 846. The number of nitrogens with zero attached hydrogens (tertiary/aromatic N) is 1. The number of H-pyrrole nitrogens is 1. The zero-order chi connectivity index (χ0) is 22.9. The van der Waals surface area contributed by atoms with Crippen LogP contribution < -0.4 is 11.2 Å². The van der Waals surface area contributed by atoms with Crippen molar-refractivity contribution in [3.8, 4) is 0 Å². The second-order valence-corrected chi connectivity index (χ2v) is 8.14. The molecule has 172 valence electrons. The van der Waals surface area contributed by atoms with E-state index in [1.165, 1.54) is 19.5 Å². The van der Waals surface area contributed by atoms with Crippen LogP contribution in [0.4, 0.5) is 0 Å². The van der Waals surface area contributed by atoms with Gasteiger partial charge in [-0.25, -0.2) is 9.36 Å². The van der Waals surface area contributed by atoms with Crippen molar-refractivity contribution in [3.05, 3.63) is 32.6 Å². The number of carbonyl (C=O) groups is 1. The molecular formula is C17H29N2O10P. The fourth-order valence-electron chi connectivity index (χ4n) is 2.71. The molecular weight excluding hydrogens is 423 g/mol. The monoisotopic (exact) mass is 452 g/mol. The molecule has 1 saturated heterocycles. The minimum atomic E-state index is -4.67. The number of phosphoric acid groups is 1. The summed E-state index contributed by atoms with van der Waals surface area (Å²) in [4.78, 5) is 52.3. The molecule has 12 nitrogen and oxygen atoms in total. The van der Waals surface area contributed by atoms with Crippen LogP contribution in [0.15, 0.2) is 15.8 Å². The number of aliphatic hydroxyl groups excluding tert-OH is 1. The zero-order valence-corrected chi connectivity index (χ0v) is 17.8. The Morgan fingerprint density at radius 2 is 2.00 bits per heavy atom. The number of hydrogen-bond donors (Lipinski definition) is 5. The number of unbranched alkanes of at least 4 members (excludes halogenated alkanes) is 3. The summed E-state index contributed by atoms with van der Waals surface area (Å²) in [5, 5.41) is 18.0. The highest BCUT2D eigenvalue weighted by Gasteiger charge is 2.37. The Morgan fingerprint density at radius 3 is 2.57 bits per heavy atom. The maximum atomic E-state index is 11.7. The van der Waals surface area contributed by atoms with Gasteiger partial charge in [-0.3, -0.25) is 23.7 Å². The fourth-order valence-corrected chi connectivity index (χ4v) is 3.05. The van der Waals surface area contributed by atoms with Crippen LogP contribution in [0.5, 0.6) is 0 Å². The third kappa shape index (κ3) is 9.33. The molecule has 3 atom stereocenters. The molecule has 1 aliphatic heterocycles. The molecule has 1 aromatic heterocycles. The number of aryl methyl sites for hydroxylation is 1. The van der Waals surface area contributed by atoms with E-state index in [0.717, 1.165) is 23.8 Å². The van der Waals surface area contributed by atoms with E-state index in [1.54, 1.807) is 0 Å². The van der Waals surface area contributed by atoms with Crippen molar-refractivity contribution in [1.82, 2.24) is 9.55 Å². The number of ether oxygens (including phenoxy) is 1. The van der Waals surface area contributed by atoms with Crippen LogP contribution in [-0.4, -0.2) is 54.3 Å². The predicted octanol–water partition coefficient (Wildman–Crippen LogP) is 0.644. The Hall–Kier alpha value is -1.82. The quantitative estimate of drug-likeness (QED) is 0.263. The number of aromatic nitrogens is 2. The van der Waals surface area contributed by atoms with E-state index < -0.39 is 50.1 Å². The average Bonchev–Trinajstić information content (AvgIpc) is 3.00. The lowest BCUT2D eigenvalue weighted by Crippen LogP contribution is -2.33. The molecule has 0 bridgehead atoms. The summed E-state index contributed by atoms with van der Waals surface area (Å²) < 4.78 is 21.4. The molecule has 2 heterocycles. The summed E-state index contributed by atoms with van der Waals surface area (Å²) in [5.41, 5.74) is -0.918. The van der Waals surface area contributed by atoms with E-state index in [2.05, 4.69) is 16.4 Å². The highest BCUT2D eigenvalue weighted by molar-refractivity contribution is 7.46. The number of phosphoric ester groups is 1. The molecule has 0 aromatic carbocycles. The van der Waals surface area contributed by atoms with Crippen LogP contribution >= 0.6 is 7.82 Å². The molecule has 0 unspecified atom stereocenters. The molecule has 0 amide bonds. The molecule has 0 saturated carbocycles. The molecule has 1 aromatic rings. The third-order valence-electron chi connectivity index (χ3n) is 4.31. The van der Waals surface area contributed by atoms with E-state index in [-0.39, 0.29) is 6.42 Å². The normalized spacial score (nSPS) is 21.2. The van der Waals surface area contributed by atoms with Gasteiger partial charge in [0.05, 0.1) is 12.7 Å². The molecule has 1 aliphatic rings. The summed E-state index contributed by atoms with van der Waals surface area (Å²) >= 11 is 0. The Morgan fingerprint density at radius 1 is 1.33 bits per heavy atom. The molecule has 1 fully saturated rings. The number of carboxylic acids is 1. The SMILES string of the molecule is CCCCCCC(=O)O.Cc1cn([C@H]2C[C@H](O)[C@@H](COP(=O)(O)O)O2)c(=O)[nH]c1=O. The van der Waals surface area contributed by atoms with Crippen molar-refractivity contribution in [2.75, 3.05) is 6.61 Å². The average molecular weight is 452 g/mol. The largest absolute Gasteiger partial charge is 0.481 e. The van der Waals surface area contributed by atoms with Crippen LogP contribution in [0.3, 0.4) is 0 Å². The summed E-state index contributed by atoms with van der Waals surface area (Å²) in [5.74, 6) is -0.675. The minimum Gasteiger partial charge on any atom is -0.481 e. The minimum absolute atomic E-state index is 0.0283. The first-order valence-corrected chi connectivity index (χ1v) is 11.0. The lowest BCUT2D eigenvalue weighted by atomic mass is 10.2. The second kappa shape index (κ2) is 12.1. The smallest absolute Gasteiger partial charge is 0.469 e. The van der Waals surface area contributed by atoms with Gasteiger partial charge in [0.2, 0.25) is 0 Å². The van der Waals surface area contributed by atoms with Gasteiger partial charge in [-0.15, -0.1) is 0 Å². The third-order valence-corrected chi connectivity index (χ3v) is 4.80. The molecule has 0 spiro atoms. The molecule has 13 heteroatoms. The van der Waals surface area contributed by atoms with Crippen LogP contribution in [0.1, 0.15) is 57.2 Å². The van der Waals surface area contributed by atoms with Crippen molar-refractivity contribution in [1.29, 1.82) is 0 Å². The van der Waals surface area contributed by atoms with E-state index in [9.17, 15) is 24.1 Å². The summed E-state index contributed by atoms with van der Waals surface area (Å²) in [6.07, 6.45) is 2.99. The van der Waals surface area contributed by atoms with Crippen molar-refractivity contribution in [2.45, 2.75) is 70.8 Å². The van der Waals surface area contributed by atoms with E-state index >= 15 is 0 Å². The van der Waals surface area contributed by atoms with Crippen molar-refractivity contribution in [2.24, 2.45) is 0 Å². The van der Waals surface area contributed by atoms with Gasteiger partial charge < -0.3 is 24.7 Å². The van der Waals surface area contributed by atoms with Crippen LogP contribution in [-0.2, 0) is 18.6 Å². The standard InChI is InChI=1S/C10H15N2O8P.C7H14O2/c1-5-3-12(10(15)11-9(5)14)8-2-6(13)7(20-8)4-19-21(16,17)18;1-2-3-4-5-6-7(8)9/h3,6-8,13H,2,4H2,1H3,(H,11,14,15)(H2,16,17,18);2-6H2,1H3,(H,8,9)/t6-,7+,8+;/m0./s1. The van der Waals surface area contributed by atoms with E-state index in [4.69, 9.17) is 19.6 Å². The maximum absolute atomic E-state index is 11.7. The van der Waals surface area contributed by atoms with Crippen LogP contribution in [0.2, 0.25) is 0 Å². The number of nitrogens with one attached hydrogen (secondary N) is 1. The predicted molar refractivity (Wildman–Crippen MR) is 105 cm³/mol. The first-order valence-electron chi connectivity index (χ1n) is 9.52. The first kappa shape index (κ1) is 26.2. The van der Waals surface area contributed by atoms with Gasteiger partial charge in [-0.2, -0.15) is 0 Å². The van der Waals surface area contributed by atoms with E-state index in [0.29, 0.717) is 12.0 Å². The van der Waals surface area contributed by atoms with Gasteiger partial charge >= 0.3 is 19.5 Å². The highest BCUT2D eigenvalue weighted by atomic mass is 31.2. The zero-order valence-electron chi connectivity index (χ0n) is 16.9. The van der Waals surface area contributed by atoms with Gasteiger partial charge in [-0.05, 0) is 13.3 Å². The van der Waals surface area contributed by atoms with Crippen molar-refractivity contribution in [3.63, 3.8) is 0 Å². The van der Waals surface area contributed by atoms with Gasteiger partial charge in [0, 0.05) is 24.6 Å². The lowest BCUT2D eigenvalue weighted by molar-refractivity contribution is -0.137. The molecule has 0 radical (unpaired) electrons. The number of rotatable bonds is 9. The number of aromatic amines is 1. The van der Waals surface area contributed by atoms with Crippen LogP contribution in [0.25, 0.3) is 0 Å². The van der Waals surface area contributed by atoms with Gasteiger partial charge in [0.1, 0.15) is 12.3 Å². The van der Waals surface area contributed by atoms with Crippen LogP contribution in [0, 0.1) is 6.92 Å². The van der Waals surface area contributed by atoms with E-state index in [1.807, 2.05) is 0 Å². The first-order chi connectivity index (χ1) is 13.9. The molecule has 2 rings (SSSR count). The maximum Gasteiger partial charge on any atom is 0.469 e. The van der Waals surface area contributed by atoms with Crippen molar-refractivity contribution < 1.29 is 38.6 Å². The molecule has 0 aliphatic carbocycles. The second-order valence-electron chi connectivity index (χ2n) is 6.90. The summed E-state index contributed by atoms with van der Waals surface area (Å²) in [6, 6.07) is 0. The molecule has 30 heavy (non-hydrogen) atoms. The lowest BCUT2D eigenvalue weighted by Gasteiger charge is -2.16. The number of carboxylic acid groups (broad SMARTS) is 1. The Balaban J connectivity index is 0.000000424. The fraction of sp³-hybridized carbons (Fsp3) is 0.706. The highest BCUT2D eigenvalue weighted by Crippen LogP contribution is 2.38. The number of hydrogen-bond acceptors (Lipinski definition) is 7. The number of aliphatic carboxylic acids is 1.